The monoisotopic (exact) mass is 296 g/mol. The van der Waals surface area contributed by atoms with Gasteiger partial charge in [0.25, 0.3) is 5.91 Å². The van der Waals surface area contributed by atoms with Crippen molar-refractivity contribution in [3.8, 4) is 0 Å². The Morgan fingerprint density at radius 3 is 2.86 bits per heavy atom. The molecule has 0 bridgehead atoms. The molecule has 3 rings (SSSR count). The lowest BCUT2D eigenvalue weighted by Crippen LogP contribution is -2.26. The molecule has 4 nitrogen and oxygen atoms in total. The van der Waals surface area contributed by atoms with E-state index in [2.05, 4.69) is 24.4 Å². The van der Waals surface area contributed by atoms with Crippen LogP contribution in [-0.2, 0) is 6.54 Å². The maximum Gasteiger partial charge on any atom is 0.268 e. The van der Waals surface area contributed by atoms with Gasteiger partial charge in [-0.2, -0.15) is 0 Å². The molecule has 0 fully saturated rings. The lowest BCUT2D eigenvalue weighted by Gasteiger charge is -2.12. The molecule has 1 amide bonds. The highest BCUT2D eigenvalue weighted by Crippen LogP contribution is 2.23. The van der Waals surface area contributed by atoms with Gasteiger partial charge in [0.05, 0.1) is 11.8 Å². The predicted octanol–water partition coefficient (Wildman–Crippen LogP) is 3.73. The fourth-order valence-electron chi connectivity index (χ4n) is 2.62. The summed E-state index contributed by atoms with van der Waals surface area (Å²) in [6, 6.07) is 12.0. The summed E-state index contributed by atoms with van der Waals surface area (Å²) in [5, 5.41) is 2.94. The maximum atomic E-state index is 12.4. The zero-order valence-corrected chi connectivity index (χ0v) is 12.9. The van der Waals surface area contributed by atoms with Crippen LogP contribution in [0.3, 0.4) is 0 Å². The van der Waals surface area contributed by atoms with Crippen molar-refractivity contribution >= 4 is 17.0 Å². The fourth-order valence-corrected chi connectivity index (χ4v) is 2.62. The number of carbonyl (C=O) groups is 1. The van der Waals surface area contributed by atoms with E-state index in [0.717, 1.165) is 17.5 Å². The van der Waals surface area contributed by atoms with Gasteiger partial charge in [-0.1, -0.05) is 31.2 Å². The van der Waals surface area contributed by atoms with Crippen LogP contribution in [-0.4, -0.2) is 17.0 Å². The van der Waals surface area contributed by atoms with Gasteiger partial charge in [0.2, 0.25) is 0 Å². The van der Waals surface area contributed by atoms with Crippen LogP contribution in [0, 0.1) is 6.92 Å². The second kappa shape index (κ2) is 6.10. The van der Waals surface area contributed by atoms with Crippen LogP contribution in [0.2, 0.25) is 0 Å². The van der Waals surface area contributed by atoms with Gasteiger partial charge in [0, 0.05) is 25.2 Å². The Labute approximate surface area is 129 Å². The highest BCUT2D eigenvalue weighted by Gasteiger charge is 2.17. The van der Waals surface area contributed by atoms with E-state index in [1.807, 2.05) is 35.8 Å². The highest BCUT2D eigenvalue weighted by atomic mass is 16.3. The molecule has 22 heavy (non-hydrogen) atoms. The van der Waals surface area contributed by atoms with Crippen molar-refractivity contribution in [1.82, 2.24) is 9.88 Å². The molecule has 1 N–H and O–H groups in total. The number of hydrogen-bond donors (Lipinski definition) is 1. The largest absolute Gasteiger partial charge is 0.463 e. The van der Waals surface area contributed by atoms with E-state index in [9.17, 15) is 4.79 Å². The number of furan rings is 1. The second-order valence-electron chi connectivity index (χ2n) is 5.47. The van der Waals surface area contributed by atoms with E-state index >= 15 is 0 Å². The minimum absolute atomic E-state index is 0.0539. The van der Waals surface area contributed by atoms with Crippen molar-refractivity contribution in [2.45, 2.75) is 26.8 Å². The van der Waals surface area contributed by atoms with Gasteiger partial charge in [-0.25, -0.2) is 0 Å². The Balaban J connectivity index is 2.01. The van der Waals surface area contributed by atoms with Gasteiger partial charge in [0.1, 0.15) is 5.69 Å². The van der Waals surface area contributed by atoms with Crippen molar-refractivity contribution in [2.75, 3.05) is 6.54 Å². The van der Waals surface area contributed by atoms with Gasteiger partial charge in [-0.3, -0.25) is 4.79 Å². The number of fused-ring (bicyclic) bond motifs is 1. The molecule has 0 unspecified atom stereocenters. The average molecular weight is 296 g/mol. The van der Waals surface area contributed by atoms with E-state index in [1.165, 1.54) is 11.1 Å². The molecule has 1 aromatic carbocycles. The number of nitrogens with zero attached hydrogens (tertiary/aromatic N) is 1. The first kappa shape index (κ1) is 14.4. The summed E-state index contributed by atoms with van der Waals surface area (Å²) < 4.78 is 7.48. The minimum Gasteiger partial charge on any atom is -0.463 e. The number of amides is 1. The number of benzene rings is 1. The number of aromatic nitrogens is 1. The zero-order chi connectivity index (χ0) is 15.5. The quantitative estimate of drug-likeness (QED) is 0.780. The summed E-state index contributed by atoms with van der Waals surface area (Å²) in [4.78, 5) is 12.4. The third-order valence-corrected chi connectivity index (χ3v) is 3.88. The second-order valence-corrected chi connectivity index (χ2v) is 5.47. The summed E-state index contributed by atoms with van der Waals surface area (Å²) >= 11 is 0. The molecule has 0 radical (unpaired) electrons. The van der Waals surface area contributed by atoms with Gasteiger partial charge in [-0.05, 0) is 24.5 Å². The van der Waals surface area contributed by atoms with Crippen LogP contribution in [0.25, 0.3) is 11.1 Å². The predicted molar refractivity (Wildman–Crippen MR) is 87.1 cm³/mol. The minimum atomic E-state index is -0.0539. The first-order valence-corrected chi connectivity index (χ1v) is 7.60. The van der Waals surface area contributed by atoms with Crippen molar-refractivity contribution in [3.05, 3.63) is 59.5 Å². The standard InChI is InChI=1S/C18H20N2O2/c1-3-9-19-18(21)16-11-17-15(8-10-22-17)20(16)12-14-7-5-4-6-13(14)2/h4-8,10-11H,3,9,12H2,1-2H3,(H,19,21). The van der Waals surface area contributed by atoms with Gasteiger partial charge >= 0.3 is 0 Å². The van der Waals surface area contributed by atoms with Crippen LogP contribution in [0.4, 0.5) is 0 Å². The Morgan fingerprint density at radius 1 is 1.27 bits per heavy atom. The first-order valence-electron chi connectivity index (χ1n) is 7.60. The number of carbonyl (C=O) groups excluding carboxylic acids is 1. The van der Waals surface area contributed by atoms with Crippen molar-refractivity contribution in [1.29, 1.82) is 0 Å². The van der Waals surface area contributed by atoms with Crippen LogP contribution in [0.1, 0.15) is 35.0 Å². The summed E-state index contributed by atoms with van der Waals surface area (Å²) in [6.07, 6.45) is 2.58. The third-order valence-electron chi connectivity index (χ3n) is 3.88. The number of rotatable bonds is 5. The van der Waals surface area contributed by atoms with Crippen LogP contribution in [0.15, 0.2) is 47.1 Å². The van der Waals surface area contributed by atoms with Crippen LogP contribution in [0.5, 0.6) is 0 Å². The fraction of sp³-hybridized carbons (Fsp3) is 0.278. The number of aryl methyl sites for hydroxylation is 1. The van der Waals surface area contributed by atoms with Gasteiger partial charge in [-0.15, -0.1) is 0 Å². The average Bonchev–Trinajstić information content (AvgIpc) is 3.09. The molecule has 0 atom stereocenters. The van der Waals surface area contributed by atoms with E-state index < -0.39 is 0 Å². The van der Waals surface area contributed by atoms with Crippen LogP contribution >= 0.6 is 0 Å². The molecule has 2 aromatic heterocycles. The molecule has 4 heteroatoms. The summed E-state index contributed by atoms with van der Waals surface area (Å²) in [7, 11) is 0. The van der Waals surface area contributed by atoms with E-state index in [0.29, 0.717) is 18.8 Å². The number of nitrogens with one attached hydrogen (secondary N) is 1. The number of hydrogen-bond acceptors (Lipinski definition) is 2. The topological polar surface area (TPSA) is 47.2 Å². The molecule has 0 saturated heterocycles. The van der Waals surface area contributed by atoms with E-state index in [-0.39, 0.29) is 5.91 Å². The Kier molecular flexibility index (Phi) is 4.00. The normalized spacial score (nSPS) is 11.0. The Morgan fingerprint density at radius 2 is 2.09 bits per heavy atom. The van der Waals surface area contributed by atoms with Crippen molar-refractivity contribution in [3.63, 3.8) is 0 Å². The molecule has 0 aliphatic heterocycles. The first-order chi connectivity index (χ1) is 10.7. The third kappa shape index (κ3) is 2.64. The molecule has 0 aliphatic carbocycles. The maximum absolute atomic E-state index is 12.4. The Bertz CT molecular complexity index is 798. The van der Waals surface area contributed by atoms with Gasteiger partial charge < -0.3 is 14.3 Å². The van der Waals surface area contributed by atoms with Crippen molar-refractivity contribution < 1.29 is 9.21 Å². The lowest BCUT2D eigenvalue weighted by atomic mass is 10.1. The van der Waals surface area contributed by atoms with Crippen LogP contribution < -0.4 is 5.32 Å². The molecule has 2 heterocycles. The molecule has 0 aliphatic rings. The summed E-state index contributed by atoms with van der Waals surface area (Å²) in [5.41, 5.74) is 4.75. The smallest absolute Gasteiger partial charge is 0.268 e. The zero-order valence-electron chi connectivity index (χ0n) is 12.9. The van der Waals surface area contributed by atoms with Crippen molar-refractivity contribution in [2.24, 2.45) is 0 Å². The van der Waals surface area contributed by atoms with Gasteiger partial charge in [0.15, 0.2) is 5.58 Å². The molecule has 0 saturated carbocycles. The van der Waals surface area contributed by atoms with E-state index in [1.54, 1.807) is 6.26 Å². The SMILES string of the molecule is CCCNC(=O)c1cc2occc2n1Cc1ccccc1C. The highest BCUT2D eigenvalue weighted by molar-refractivity contribution is 5.97. The molecular weight excluding hydrogens is 276 g/mol. The molecule has 3 aromatic rings. The van der Waals surface area contributed by atoms with E-state index in [4.69, 9.17) is 4.42 Å². The molecular formula is C18H20N2O2. The molecule has 0 spiro atoms. The molecule has 114 valence electrons. The summed E-state index contributed by atoms with van der Waals surface area (Å²) in [6.45, 7) is 5.46. The Hall–Kier alpha value is -2.49. The summed E-state index contributed by atoms with van der Waals surface area (Å²) in [5.74, 6) is -0.0539. The lowest BCUT2D eigenvalue weighted by molar-refractivity contribution is 0.0945.